The van der Waals surface area contributed by atoms with Gasteiger partial charge in [0.05, 0.1) is 17.6 Å². The molecule has 0 atom stereocenters. The van der Waals surface area contributed by atoms with Gasteiger partial charge in [-0.2, -0.15) is 0 Å². The summed E-state index contributed by atoms with van der Waals surface area (Å²) in [4.78, 5) is 0. The van der Waals surface area contributed by atoms with Crippen molar-refractivity contribution in [2.24, 2.45) is 0 Å². The van der Waals surface area contributed by atoms with Crippen molar-refractivity contribution in [1.82, 2.24) is 20.3 Å². The van der Waals surface area contributed by atoms with E-state index in [0.717, 1.165) is 17.9 Å². The predicted molar refractivity (Wildman–Crippen MR) is 71.2 cm³/mol. The zero-order chi connectivity index (χ0) is 12.5. The highest BCUT2D eigenvalue weighted by atomic mass is 35.5. The third-order valence-corrected chi connectivity index (χ3v) is 3.24. The van der Waals surface area contributed by atoms with Crippen LogP contribution in [-0.2, 0) is 6.54 Å². The predicted octanol–water partition coefficient (Wildman–Crippen LogP) is 2.83. The summed E-state index contributed by atoms with van der Waals surface area (Å²) in [5.74, 6) is 0. The number of hydrogen-bond donors (Lipinski definition) is 1. The fourth-order valence-corrected chi connectivity index (χ4v) is 2.23. The fourth-order valence-electron chi connectivity index (χ4n) is 1.71. The summed E-state index contributed by atoms with van der Waals surface area (Å²) in [5.41, 5.74) is 1.73. The largest absolute Gasteiger partial charge is 0.308 e. The molecule has 0 amide bonds. The topological polar surface area (TPSA) is 42.7 Å². The van der Waals surface area contributed by atoms with Gasteiger partial charge in [-0.25, -0.2) is 4.68 Å². The average Bonchev–Trinajstić information content (AvgIpc) is 3.02. The second kappa shape index (κ2) is 4.88. The molecule has 2 aromatic rings. The van der Waals surface area contributed by atoms with Gasteiger partial charge in [-0.3, -0.25) is 0 Å². The molecule has 1 N–H and O–H groups in total. The minimum atomic E-state index is 0.589. The van der Waals surface area contributed by atoms with Gasteiger partial charge in [0.2, 0.25) is 0 Å². The van der Waals surface area contributed by atoms with Crippen LogP contribution in [0.5, 0.6) is 0 Å². The van der Waals surface area contributed by atoms with Crippen LogP contribution >= 0.6 is 23.2 Å². The highest BCUT2D eigenvalue weighted by Crippen LogP contribution is 2.22. The van der Waals surface area contributed by atoms with Crippen LogP contribution < -0.4 is 5.32 Å². The third kappa shape index (κ3) is 2.83. The zero-order valence-electron chi connectivity index (χ0n) is 9.61. The Bertz CT molecular complexity index is 543. The first kappa shape index (κ1) is 12.0. The van der Waals surface area contributed by atoms with Crippen LogP contribution in [0.1, 0.15) is 18.5 Å². The summed E-state index contributed by atoms with van der Waals surface area (Å²) >= 11 is 11.9. The smallest absolute Gasteiger partial charge is 0.0969 e. The van der Waals surface area contributed by atoms with Gasteiger partial charge in [-0.1, -0.05) is 28.4 Å². The molecule has 6 heteroatoms. The van der Waals surface area contributed by atoms with Gasteiger partial charge in [-0.05, 0) is 31.0 Å². The molecule has 3 rings (SSSR count). The number of benzene rings is 1. The van der Waals surface area contributed by atoms with Gasteiger partial charge in [0.15, 0.2) is 0 Å². The van der Waals surface area contributed by atoms with E-state index in [1.54, 1.807) is 22.9 Å². The Balaban J connectivity index is 1.78. The lowest BCUT2D eigenvalue weighted by Crippen LogP contribution is -2.15. The van der Waals surface area contributed by atoms with Crippen LogP contribution in [0, 0.1) is 0 Å². The fraction of sp³-hybridized carbons (Fsp3) is 0.333. The van der Waals surface area contributed by atoms with E-state index in [9.17, 15) is 0 Å². The molecule has 1 aromatic carbocycles. The molecule has 18 heavy (non-hydrogen) atoms. The Morgan fingerprint density at radius 3 is 2.61 bits per heavy atom. The van der Waals surface area contributed by atoms with Crippen LogP contribution in [0.25, 0.3) is 5.69 Å². The molecule has 0 spiro atoms. The molecule has 94 valence electrons. The van der Waals surface area contributed by atoms with E-state index < -0.39 is 0 Å². The first-order valence-corrected chi connectivity index (χ1v) is 6.57. The molecule has 1 aromatic heterocycles. The molecule has 0 radical (unpaired) electrons. The monoisotopic (exact) mass is 282 g/mol. The van der Waals surface area contributed by atoms with Crippen LogP contribution in [0.2, 0.25) is 10.0 Å². The Morgan fingerprint density at radius 1 is 1.22 bits per heavy atom. The van der Waals surface area contributed by atoms with Gasteiger partial charge >= 0.3 is 0 Å². The summed E-state index contributed by atoms with van der Waals surface area (Å²) in [6.07, 6.45) is 4.41. The Hall–Kier alpha value is -1.10. The van der Waals surface area contributed by atoms with E-state index in [2.05, 4.69) is 15.6 Å². The van der Waals surface area contributed by atoms with Gasteiger partial charge in [0.1, 0.15) is 0 Å². The minimum Gasteiger partial charge on any atom is -0.308 e. The summed E-state index contributed by atoms with van der Waals surface area (Å²) in [6, 6.07) is 5.97. The van der Waals surface area contributed by atoms with E-state index in [1.807, 2.05) is 6.20 Å². The van der Waals surface area contributed by atoms with Crippen LogP contribution in [0.4, 0.5) is 0 Å². The van der Waals surface area contributed by atoms with Crippen LogP contribution in [-0.4, -0.2) is 21.0 Å². The Kier molecular flexibility index (Phi) is 3.24. The summed E-state index contributed by atoms with van der Waals surface area (Å²) < 4.78 is 1.68. The number of rotatable bonds is 4. The molecule has 0 aliphatic heterocycles. The van der Waals surface area contributed by atoms with E-state index in [0.29, 0.717) is 16.1 Å². The number of aromatic nitrogens is 3. The molecule has 0 bridgehead atoms. The minimum absolute atomic E-state index is 0.589. The van der Waals surface area contributed by atoms with E-state index in [4.69, 9.17) is 23.2 Å². The zero-order valence-corrected chi connectivity index (χ0v) is 11.1. The maximum atomic E-state index is 5.96. The molecule has 0 unspecified atom stereocenters. The first-order valence-electron chi connectivity index (χ1n) is 5.82. The highest BCUT2D eigenvalue weighted by molar-refractivity contribution is 6.34. The number of nitrogens with one attached hydrogen (secondary N) is 1. The molecule has 1 saturated carbocycles. The van der Waals surface area contributed by atoms with Crippen molar-refractivity contribution in [2.75, 3.05) is 0 Å². The van der Waals surface area contributed by atoms with Crippen molar-refractivity contribution < 1.29 is 0 Å². The molecule has 0 saturated heterocycles. The van der Waals surface area contributed by atoms with Gasteiger partial charge in [0, 0.05) is 22.6 Å². The van der Waals surface area contributed by atoms with Crippen molar-refractivity contribution in [2.45, 2.75) is 25.4 Å². The number of halogens is 2. The van der Waals surface area contributed by atoms with E-state index in [1.165, 1.54) is 12.8 Å². The third-order valence-electron chi connectivity index (χ3n) is 2.80. The summed E-state index contributed by atoms with van der Waals surface area (Å²) in [5, 5.41) is 12.8. The second-order valence-corrected chi connectivity index (χ2v) is 5.31. The normalized spacial score (nSPS) is 15.0. The van der Waals surface area contributed by atoms with Crippen molar-refractivity contribution in [3.8, 4) is 5.69 Å². The van der Waals surface area contributed by atoms with Crippen LogP contribution in [0.15, 0.2) is 24.4 Å². The number of nitrogens with zero attached hydrogens (tertiary/aromatic N) is 3. The van der Waals surface area contributed by atoms with Gasteiger partial charge in [0.25, 0.3) is 0 Å². The Labute approximate surface area is 115 Å². The van der Waals surface area contributed by atoms with Crippen molar-refractivity contribution >= 4 is 23.2 Å². The molecule has 4 nitrogen and oxygen atoms in total. The average molecular weight is 283 g/mol. The SMILES string of the molecule is Clc1cc(Cl)cc(-n2cc(CNC3CC3)nn2)c1. The van der Waals surface area contributed by atoms with Gasteiger partial charge < -0.3 is 5.32 Å². The van der Waals surface area contributed by atoms with E-state index >= 15 is 0 Å². The maximum Gasteiger partial charge on any atom is 0.0969 e. The lowest BCUT2D eigenvalue weighted by atomic mass is 10.3. The highest BCUT2D eigenvalue weighted by Gasteiger charge is 2.20. The maximum absolute atomic E-state index is 5.96. The molecule has 1 heterocycles. The second-order valence-electron chi connectivity index (χ2n) is 4.44. The lowest BCUT2D eigenvalue weighted by molar-refractivity contribution is 0.671. The van der Waals surface area contributed by atoms with Crippen molar-refractivity contribution in [3.05, 3.63) is 40.1 Å². The lowest BCUT2D eigenvalue weighted by Gasteiger charge is -2.01. The molecular weight excluding hydrogens is 271 g/mol. The molecule has 1 fully saturated rings. The Morgan fingerprint density at radius 2 is 1.94 bits per heavy atom. The van der Waals surface area contributed by atoms with Gasteiger partial charge in [-0.15, -0.1) is 5.10 Å². The quantitative estimate of drug-likeness (QED) is 0.938. The molecule has 1 aliphatic rings. The molecular formula is C12H12Cl2N4. The molecule has 1 aliphatic carbocycles. The summed E-state index contributed by atoms with van der Waals surface area (Å²) in [7, 11) is 0. The van der Waals surface area contributed by atoms with E-state index in [-0.39, 0.29) is 0 Å². The number of hydrogen-bond acceptors (Lipinski definition) is 3. The standard InChI is InChI=1S/C12H12Cl2N4/c13-8-3-9(14)5-12(4-8)18-7-11(16-17-18)6-15-10-1-2-10/h3-5,7,10,15H,1-2,6H2. The van der Waals surface area contributed by atoms with Crippen LogP contribution in [0.3, 0.4) is 0 Å². The van der Waals surface area contributed by atoms with Crippen molar-refractivity contribution in [3.63, 3.8) is 0 Å². The van der Waals surface area contributed by atoms with Crippen molar-refractivity contribution in [1.29, 1.82) is 0 Å². The summed E-state index contributed by atoms with van der Waals surface area (Å²) in [6.45, 7) is 0.749. The first-order chi connectivity index (χ1) is 8.70.